The molecular weight excluding hydrogens is 776 g/mol. The van der Waals surface area contributed by atoms with Crippen LogP contribution in [0.5, 0.6) is 0 Å². The summed E-state index contributed by atoms with van der Waals surface area (Å²) in [5, 5.41) is 2.13. The largest absolute Gasteiger partial charge is 0.405 e. The van der Waals surface area contributed by atoms with Gasteiger partial charge >= 0.3 is 0 Å². The smallest absolute Gasteiger partial charge is 0.261 e. The van der Waals surface area contributed by atoms with E-state index in [4.69, 9.17) is 24.9 Å². The Morgan fingerprint density at radius 1 is 0.672 bits per heavy atom. The van der Waals surface area contributed by atoms with Crippen molar-refractivity contribution in [3.8, 4) is 11.4 Å². The number of halogens is 1. The van der Waals surface area contributed by atoms with Crippen molar-refractivity contribution < 1.29 is 13.6 Å². The van der Waals surface area contributed by atoms with E-state index in [1.54, 1.807) is 12.1 Å². The quantitative estimate of drug-likeness (QED) is 0.103. The molecule has 0 spiro atoms. The minimum atomic E-state index is -2.99. The van der Waals surface area contributed by atoms with Gasteiger partial charge < -0.3 is 14.9 Å². The van der Waals surface area contributed by atoms with Gasteiger partial charge in [-0.1, -0.05) is 172 Å². The minimum Gasteiger partial charge on any atom is -0.405 e. The maximum atomic E-state index is 14.4. The van der Waals surface area contributed by atoms with Crippen LogP contribution in [0.1, 0.15) is 43.7 Å². The molecule has 9 rings (SSSR count). The van der Waals surface area contributed by atoms with Crippen LogP contribution in [0.4, 0.5) is 10.2 Å². The molecule has 0 aliphatic carbocycles. The predicted octanol–water partition coefficient (Wildman–Crippen LogP) is 8.98. The van der Waals surface area contributed by atoms with Crippen molar-refractivity contribution in [1.29, 1.82) is 0 Å². The Balaban J connectivity index is 1.26. The van der Waals surface area contributed by atoms with E-state index < -0.39 is 26.2 Å². The second-order valence-corrected chi connectivity index (χ2v) is 20.9. The van der Waals surface area contributed by atoms with E-state index >= 15 is 0 Å². The van der Waals surface area contributed by atoms with Gasteiger partial charge in [-0.2, -0.15) is 0 Å². The van der Waals surface area contributed by atoms with E-state index in [0.717, 1.165) is 16.7 Å². The number of ether oxygens (including phenoxy) is 1. The fraction of sp³-hybridized carbons (Fsp3) is 0.196. The van der Waals surface area contributed by atoms with Crippen LogP contribution < -0.4 is 16.1 Å². The second-order valence-electron chi connectivity index (χ2n) is 16.6. The fourth-order valence-electron chi connectivity index (χ4n) is 9.39. The zero-order valence-electron chi connectivity index (χ0n) is 34.6. The number of anilines is 1. The lowest BCUT2D eigenvalue weighted by Gasteiger charge is -2.51. The Hall–Kier alpha value is -6.30. The van der Waals surface area contributed by atoms with Gasteiger partial charge in [0.25, 0.3) is 8.32 Å². The van der Waals surface area contributed by atoms with E-state index in [0.29, 0.717) is 42.2 Å². The summed E-state index contributed by atoms with van der Waals surface area (Å²) in [7, 11) is -2.99. The first kappa shape index (κ1) is 40.1. The Morgan fingerprint density at radius 2 is 1.16 bits per heavy atom. The van der Waals surface area contributed by atoms with Crippen molar-refractivity contribution in [2.45, 2.75) is 43.7 Å². The van der Waals surface area contributed by atoms with Crippen molar-refractivity contribution in [2.24, 2.45) is 0 Å². The molecule has 0 unspecified atom stereocenters. The van der Waals surface area contributed by atoms with Crippen LogP contribution in [-0.2, 0) is 14.7 Å². The topological polar surface area (TPSA) is 91.3 Å². The number of aromatic nitrogens is 4. The number of rotatable bonds is 11. The number of benzene rings is 6. The predicted molar refractivity (Wildman–Crippen MR) is 243 cm³/mol. The zero-order valence-corrected chi connectivity index (χ0v) is 35.6. The van der Waals surface area contributed by atoms with Crippen LogP contribution >= 0.6 is 0 Å². The number of imidazole rings is 1. The molecule has 2 aromatic heterocycles. The first-order chi connectivity index (χ1) is 29.7. The summed E-state index contributed by atoms with van der Waals surface area (Å²) in [4.78, 5) is 16.7. The monoisotopic (exact) mass is 824 g/mol. The Bertz CT molecular complexity index is 2560. The van der Waals surface area contributed by atoms with E-state index in [-0.39, 0.29) is 16.7 Å². The molecule has 8 aromatic rings. The summed E-state index contributed by atoms with van der Waals surface area (Å²) in [5.74, 6) is 0.453. The average molecular weight is 825 g/mol. The Labute approximate surface area is 357 Å². The molecule has 1 saturated heterocycles. The van der Waals surface area contributed by atoms with Crippen molar-refractivity contribution in [3.63, 3.8) is 0 Å². The normalized spacial score (nSPS) is 16.5. The second kappa shape index (κ2) is 16.6. The SMILES string of the molecule is CC(C)(C)[Si](OC[C@@H]1CN(C(c2ccccc2)(c2ccccc2)c2ccccc2)C[C@H](n2c(-c3ccc(F)cc3)nc3c(N)ncnc32)O1)(c1ccccc1)c1ccccc1. The number of nitrogens with two attached hydrogens (primary N) is 1. The number of morpholine rings is 1. The van der Waals surface area contributed by atoms with Crippen molar-refractivity contribution in [1.82, 2.24) is 24.4 Å². The molecule has 3 heterocycles. The van der Waals surface area contributed by atoms with Gasteiger partial charge in [-0.25, -0.2) is 19.3 Å². The number of nitrogens with zero attached hydrogens (tertiary/aromatic N) is 5. The highest BCUT2D eigenvalue weighted by Gasteiger charge is 2.52. The van der Waals surface area contributed by atoms with Crippen molar-refractivity contribution >= 4 is 35.7 Å². The van der Waals surface area contributed by atoms with Gasteiger partial charge in [0.15, 0.2) is 23.2 Å². The Kier molecular flexibility index (Phi) is 10.9. The van der Waals surface area contributed by atoms with Gasteiger partial charge in [0, 0.05) is 18.7 Å². The molecule has 0 radical (unpaired) electrons. The summed E-state index contributed by atoms with van der Waals surface area (Å²) in [6.07, 6.45) is 0.349. The lowest BCUT2D eigenvalue weighted by atomic mass is 9.75. The summed E-state index contributed by atoms with van der Waals surface area (Å²) in [5.41, 5.74) is 10.7. The molecule has 8 nitrogen and oxygen atoms in total. The highest BCUT2D eigenvalue weighted by molar-refractivity contribution is 6.99. The Morgan fingerprint density at radius 3 is 1.66 bits per heavy atom. The lowest BCUT2D eigenvalue weighted by molar-refractivity contribution is -0.145. The van der Waals surface area contributed by atoms with Gasteiger partial charge in [-0.15, -0.1) is 0 Å². The average Bonchev–Trinajstić information content (AvgIpc) is 3.70. The van der Waals surface area contributed by atoms with Gasteiger partial charge in [-0.05, 0) is 56.4 Å². The highest BCUT2D eigenvalue weighted by atomic mass is 28.4. The van der Waals surface area contributed by atoms with Crippen LogP contribution in [0.15, 0.2) is 182 Å². The van der Waals surface area contributed by atoms with Gasteiger partial charge in [0.05, 0.1) is 18.2 Å². The lowest BCUT2D eigenvalue weighted by Crippen LogP contribution is -2.67. The highest BCUT2D eigenvalue weighted by Crippen LogP contribution is 2.46. The molecule has 1 aliphatic rings. The minimum absolute atomic E-state index is 0.249. The maximum Gasteiger partial charge on any atom is 0.261 e. The molecule has 0 saturated carbocycles. The summed E-state index contributed by atoms with van der Waals surface area (Å²) < 4.78 is 31.5. The molecule has 2 N–H and O–H groups in total. The molecule has 1 fully saturated rings. The third-order valence-corrected chi connectivity index (χ3v) is 17.0. The maximum absolute atomic E-state index is 14.4. The van der Waals surface area contributed by atoms with Crippen LogP contribution in [0.25, 0.3) is 22.6 Å². The van der Waals surface area contributed by atoms with E-state index in [9.17, 15) is 4.39 Å². The van der Waals surface area contributed by atoms with Crippen molar-refractivity contribution in [3.05, 3.63) is 205 Å². The van der Waals surface area contributed by atoms with E-state index in [1.807, 2.05) is 4.57 Å². The molecule has 0 amide bonds. The number of hydrogen-bond acceptors (Lipinski definition) is 7. The third-order valence-electron chi connectivity index (χ3n) is 12.0. The summed E-state index contributed by atoms with van der Waals surface area (Å²) >= 11 is 0. The van der Waals surface area contributed by atoms with Gasteiger partial charge in [0.2, 0.25) is 0 Å². The standard InChI is InChI=1S/C51H49FN6O2Si/c1-50(2,3)61(43-25-15-7-16-26-43,44-27-17-8-18-28-44)59-35-42-33-57(51(38-19-9-4-10-20-38,39-21-11-5-12-22-39)40-23-13-6-14-24-40)34-45(60-42)58-48(37-29-31-41(52)32-30-37)56-46-47(53)54-36-55-49(46)58/h4-32,36,42,45H,33-35H2,1-3H3,(H2,53,54,55)/t42-,45+/m0/s1. The molecule has 0 bridgehead atoms. The molecule has 10 heteroatoms. The molecule has 1 aliphatic heterocycles. The van der Waals surface area contributed by atoms with Crippen LogP contribution in [0.3, 0.4) is 0 Å². The molecule has 2 atom stereocenters. The van der Waals surface area contributed by atoms with Crippen molar-refractivity contribution in [2.75, 3.05) is 25.4 Å². The van der Waals surface area contributed by atoms with Gasteiger partial charge in [0.1, 0.15) is 18.0 Å². The fourth-order valence-corrected chi connectivity index (χ4v) is 14.0. The van der Waals surface area contributed by atoms with Crippen LogP contribution in [0.2, 0.25) is 5.04 Å². The van der Waals surface area contributed by atoms with E-state index in [1.165, 1.54) is 28.8 Å². The first-order valence-electron chi connectivity index (χ1n) is 20.8. The van der Waals surface area contributed by atoms with Crippen LogP contribution in [0, 0.1) is 5.82 Å². The number of fused-ring (bicyclic) bond motifs is 1. The van der Waals surface area contributed by atoms with Gasteiger partial charge in [-0.3, -0.25) is 9.47 Å². The van der Waals surface area contributed by atoms with Crippen LogP contribution in [-0.4, -0.2) is 58.5 Å². The number of hydrogen-bond donors (Lipinski definition) is 1. The van der Waals surface area contributed by atoms with E-state index in [2.05, 4.69) is 182 Å². The summed E-state index contributed by atoms with van der Waals surface area (Å²) in [6, 6.07) is 59.8. The molecular formula is C51H49FN6O2Si. The summed E-state index contributed by atoms with van der Waals surface area (Å²) in [6.45, 7) is 8.10. The third kappa shape index (κ3) is 7.25. The molecule has 306 valence electrons. The first-order valence-corrected chi connectivity index (χ1v) is 22.7. The number of nitrogen functional groups attached to an aromatic ring is 1. The molecule has 61 heavy (non-hydrogen) atoms. The molecule has 6 aromatic carbocycles. The zero-order chi connectivity index (χ0) is 42.0.